The van der Waals surface area contributed by atoms with Crippen molar-refractivity contribution in [2.24, 2.45) is 10.7 Å². The summed E-state index contributed by atoms with van der Waals surface area (Å²) < 4.78 is 6.08. The Labute approximate surface area is 142 Å². The van der Waals surface area contributed by atoms with Gasteiger partial charge in [0.05, 0.1) is 10.7 Å². The summed E-state index contributed by atoms with van der Waals surface area (Å²) in [5.41, 5.74) is 7.45. The van der Waals surface area contributed by atoms with Crippen LogP contribution in [0.2, 0.25) is 10.0 Å². The summed E-state index contributed by atoms with van der Waals surface area (Å²) in [5.74, 6) is 1.14. The number of benzene rings is 1. The van der Waals surface area contributed by atoms with E-state index in [1.54, 1.807) is 6.07 Å². The number of likely N-dealkylation sites (tertiary alicyclic amines) is 1. The van der Waals surface area contributed by atoms with E-state index in [0.717, 1.165) is 36.3 Å². The highest BCUT2D eigenvalue weighted by atomic mass is 35.5. The van der Waals surface area contributed by atoms with Gasteiger partial charge in [-0.15, -0.1) is 0 Å². The minimum atomic E-state index is -0.217. The van der Waals surface area contributed by atoms with Gasteiger partial charge < -0.3 is 20.8 Å². The number of halogens is 2. The van der Waals surface area contributed by atoms with Gasteiger partial charge in [0.25, 0.3) is 0 Å². The molecule has 2 aromatic rings. The molecule has 1 aromatic carbocycles. The maximum Gasteiger partial charge on any atom is 0.195 e. The molecular weight excluding hydrogens is 337 g/mol. The van der Waals surface area contributed by atoms with E-state index in [4.69, 9.17) is 33.4 Å². The number of furan rings is 1. The van der Waals surface area contributed by atoms with Crippen molar-refractivity contribution < 1.29 is 4.42 Å². The van der Waals surface area contributed by atoms with Crippen molar-refractivity contribution in [3.8, 4) is 0 Å². The molecule has 120 valence electrons. The minimum Gasteiger partial charge on any atom is -0.453 e. The molecule has 0 saturated carbocycles. The van der Waals surface area contributed by atoms with Crippen molar-refractivity contribution in [1.82, 2.24) is 10.2 Å². The number of piperazine rings is 1. The van der Waals surface area contributed by atoms with Crippen LogP contribution in [0.5, 0.6) is 0 Å². The fraction of sp³-hybridized carbons (Fsp3) is 0.400. The lowest BCUT2D eigenvalue weighted by molar-refractivity contribution is 0.147. The topological polar surface area (TPSA) is 78.8 Å². The number of aliphatic imine (C=N–C) groups is 1. The molecule has 4 N–H and O–H groups in total. The third-order valence-corrected chi connectivity index (χ3v) is 5.40. The second kappa shape index (κ2) is 4.77. The summed E-state index contributed by atoms with van der Waals surface area (Å²) in [4.78, 5) is 6.94. The van der Waals surface area contributed by atoms with Gasteiger partial charge in [-0.3, -0.25) is 4.90 Å². The molecule has 2 fully saturated rings. The van der Waals surface area contributed by atoms with Crippen LogP contribution in [0.4, 0.5) is 5.69 Å². The zero-order chi connectivity index (χ0) is 15.7. The normalized spacial score (nSPS) is 29.7. The molecule has 1 aromatic heterocycles. The maximum absolute atomic E-state index is 6.29. The Morgan fingerprint density at radius 2 is 2.22 bits per heavy atom. The molecule has 3 atom stereocenters. The average Bonchev–Trinajstić information content (AvgIpc) is 3.20. The number of rotatable bonds is 1. The first-order valence-electron chi connectivity index (χ1n) is 7.61. The van der Waals surface area contributed by atoms with Gasteiger partial charge in [0, 0.05) is 35.6 Å². The third-order valence-electron chi connectivity index (χ3n) is 4.90. The van der Waals surface area contributed by atoms with Crippen molar-refractivity contribution in [2.75, 3.05) is 18.4 Å². The van der Waals surface area contributed by atoms with Gasteiger partial charge in [-0.05, 0) is 18.6 Å². The predicted molar refractivity (Wildman–Crippen MR) is 91.1 cm³/mol. The zero-order valence-corrected chi connectivity index (χ0v) is 13.7. The molecule has 0 radical (unpaired) electrons. The molecule has 4 heterocycles. The first-order valence-corrected chi connectivity index (χ1v) is 8.36. The van der Waals surface area contributed by atoms with Crippen LogP contribution in [-0.4, -0.2) is 36.0 Å². The molecule has 3 aliphatic rings. The molecule has 2 bridgehead atoms. The summed E-state index contributed by atoms with van der Waals surface area (Å²) >= 11 is 12.4. The lowest BCUT2D eigenvalue weighted by Crippen LogP contribution is -2.46. The Morgan fingerprint density at radius 1 is 1.35 bits per heavy atom. The summed E-state index contributed by atoms with van der Waals surface area (Å²) in [6.45, 7) is 1.92. The Kier molecular flexibility index (Phi) is 2.89. The van der Waals surface area contributed by atoms with Crippen LogP contribution in [0.3, 0.4) is 0 Å². The van der Waals surface area contributed by atoms with Crippen LogP contribution in [0.15, 0.2) is 21.5 Å². The van der Waals surface area contributed by atoms with E-state index in [9.17, 15) is 0 Å². The number of anilines is 1. The molecule has 0 amide bonds. The van der Waals surface area contributed by atoms with Gasteiger partial charge in [0.2, 0.25) is 0 Å². The van der Waals surface area contributed by atoms with Crippen LogP contribution < -0.4 is 16.4 Å². The van der Waals surface area contributed by atoms with Crippen LogP contribution >= 0.6 is 23.2 Å². The van der Waals surface area contributed by atoms with Gasteiger partial charge in [0.15, 0.2) is 23.5 Å². The molecule has 3 aliphatic heterocycles. The highest BCUT2D eigenvalue weighted by Gasteiger charge is 2.44. The highest BCUT2D eigenvalue weighted by molar-refractivity contribution is 6.38. The van der Waals surface area contributed by atoms with E-state index < -0.39 is 0 Å². The largest absolute Gasteiger partial charge is 0.453 e. The fourth-order valence-corrected chi connectivity index (χ4v) is 4.45. The number of hydrogen-bond donors (Lipinski definition) is 3. The van der Waals surface area contributed by atoms with E-state index >= 15 is 0 Å². The molecule has 23 heavy (non-hydrogen) atoms. The quantitative estimate of drug-likeness (QED) is 0.735. The number of nitrogens with zero attached hydrogens (tertiary/aromatic N) is 2. The lowest BCUT2D eigenvalue weighted by Gasteiger charge is -2.33. The van der Waals surface area contributed by atoms with Crippen molar-refractivity contribution >= 4 is 45.8 Å². The first-order chi connectivity index (χ1) is 11.1. The summed E-state index contributed by atoms with van der Waals surface area (Å²) in [7, 11) is 0. The van der Waals surface area contributed by atoms with E-state index in [1.807, 2.05) is 6.07 Å². The maximum atomic E-state index is 6.29. The van der Waals surface area contributed by atoms with Crippen LogP contribution in [0.25, 0.3) is 11.0 Å². The Morgan fingerprint density at radius 3 is 2.96 bits per heavy atom. The standard InChI is InChI=1S/C15H15Cl2N5O/c16-6-1-9-11-13(23-12(9)10(17)2-6)14(21-15(18)20-11)22-5-7-3-8(22)4-19-7/h1-2,7-8,14,19H,3-5H2,(H3,18,20,21). The molecule has 2 saturated heterocycles. The predicted octanol–water partition coefficient (Wildman–Crippen LogP) is 2.52. The summed E-state index contributed by atoms with van der Waals surface area (Å²) in [6.07, 6.45) is 0.923. The Bertz CT molecular complexity index is 848. The van der Waals surface area contributed by atoms with Crippen LogP contribution in [0, 0.1) is 0 Å². The fourth-order valence-electron chi connectivity index (χ4n) is 3.92. The number of guanidine groups is 1. The van der Waals surface area contributed by atoms with E-state index in [1.165, 1.54) is 0 Å². The van der Waals surface area contributed by atoms with E-state index in [2.05, 4.69) is 20.5 Å². The number of nitrogens with two attached hydrogens (primary N) is 1. The summed E-state index contributed by atoms with van der Waals surface area (Å²) in [6, 6.07) is 4.50. The monoisotopic (exact) mass is 351 g/mol. The van der Waals surface area contributed by atoms with Gasteiger partial charge >= 0.3 is 0 Å². The molecule has 8 heteroatoms. The molecule has 0 aliphatic carbocycles. The van der Waals surface area contributed by atoms with Gasteiger partial charge in [-0.2, -0.15) is 0 Å². The molecule has 6 nitrogen and oxygen atoms in total. The third kappa shape index (κ3) is 1.99. The second-order valence-electron chi connectivity index (χ2n) is 6.31. The Hall–Kier alpha value is -1.47. The zero-order valence-electron chi connectivity index (χ0n) is 12.1. The molecular formula is C15H15Cl2N5O. The van der Waals surface area contributed by atoms with Gasteiger partial charge in [0.1, 0.15) is 0 Å². The smallest absolute Gasteiger partial charge is 0.195 e. The van der Waals surface area contributed by atoms with E-state index in [0.29, 0.717) is 33.7 Å². The van der Waals surface area contributed by atoms with Crippen molar-refractivity contribution in [2.45, 2.75) is 24.7 Å². The average molecular weight is 352 g/mol. The van der Waals surface area contributed by atoms with Crippen molar-refractivity contribution in [3.63, 3.8) is 0 Å². The molecule has 0 spiro atoms. The first kappa shape index (κ1) is 13.9. The number of hydrogen-bond acceptors (Lipinski definition) is 6. The minimum absolute atomic E-state index is 0.217. The van der Waals surface area contributed by atoms with Crippen molar-refractivity contribution in [1.29, 1.82) is 0 Å². The van der Waals surface area contributed by atoms with Crippen molar-refractivity contribution in [3.05, 3.63) is 27.9 Å². The highest BCUT2D eigenvalue weighted by Crippen LogP contribution is 2.45. The van der Waals surface area contributed by atoms with Gasteiger partial charge in [-0.25, -0.2) is 4.99 Å². The van der Waals surface area contributed by atoms with E-state index in [-0.39, 0.29) is 6.17 Å². The number of fused-ring (bicyclic) bond motifs is 5. The van der Waals surface area contributed by atoms with Crippen LogP contribution in [-0.2, 0) is 0 Å². The number of nitrogens with one attached hydrogen (secondary N) is 2. The molecule has 5 rings (SSSR count). The molecule has 3 unspecified atom stereocenters. The lowest BCUT2D eigenvalue weighted by atomic mass is 10.1. The van der Waals surface area contributed by atoms with Crippen LogP contribution in [0.1, 0.15) is 18.3 Å². The second-order valence-corrected chi connectivity index (χ2v) is 7.15. The Balaban J connectivity index is 1.67. The SMILES string of the molecule is NC1=NC(N2CC3CC2CN3)c2oc3c(Cl)cc(Cl)cc3c2N1. The van der Waals surface area contributed by atoms with Gasteiger partial charge in [-0.1, -0.05) is 23.2 Å². The summed E-state index contributed by atoms with van der Waals surface area (Å²) in [5, 5.41) is 8.50.